The Balaban J connectivity index is 2.55. The van der Waals surface area contributed by atoms with Crippen molar-refractivity contribution >= 4 is 0 Å². The Labute approximate surface area is 69.3 Å². The Hall–Kier alpha value is -0.0800. The molecule has 11 heavy (non-hydrogen) atoms. The highest BCUT2D eigenvalue weighted by Gasteiger charge is 2.36. The molecule has 0 aliphatic carbocycles. The standard InChI is InChI=1S/C9H19NO/c1-4-5-9(8(2)3)10-6-7-11-9/h8,10H,4-7H2,1-3H3. The Morgan fingerprint density at radius 1 is 1.55 bits per heavy atom. The van der Waals surface area contributed by atoms with Gasteiger partial charge in [0.1, 0.15) is 5.72 Å². The van der Waals surface area contributed by atoms with Gasteiger partial charge in [0, 0.05) is 6.54 Å². The molecule has 1 heterocycles. The van der Waals surface area contributed by atoms with Gasteiger partial charge in [-0.1, -0.05) is 27.2 Å². The SMILES string of the molecule is CCCC1(C(C)C)NCCO1. The minimum Gasteiger partial charge on any atom is -0.359 e. The lowest BCUT2D eigenvalue weighted by Crippen LogP contribution is -2.45. The molecule has 0 amide bonds. The van der Waals surface area contributed by atoms with Crippen molar-refractivity contribution in [1.82, 2.24) is 5.32 Å². The van der Waals surface area contributed by atoms with Crippen LogP contribution in [0.4, 0.5) is 0 Å². The fraction of sp³-hybridized carbons (Fsp3) is 1.00. The predicted molar refractivity (Wildman–Crippen MR) is 46.4 cm³/mol. The van der Waals surface area contributed by atoms with Crippen LogP contribution in [-0.2, 0) is 4.74 Å². The van der Waals surface area contributed by atoms with E-state index in [2.05, 4.69) is 26.1 Å². The number of hydrogen-bond donors (Lipinski definition) is 1. The van der Waals surface area contributed by atoms with Crippen LogP contribution in [0.3, 0.4) is 0 Å². The fourth-order valence-corrected chi connectivity index (χ4v) is 1.74. The van der Waals surface area contributed by atoms with Crippen LogP contribution in [-0.4, -0.2) is 18.9 Å². The molecule has 0 bridgehead atoms. The molecule has 1 N–H and O–H groups in total. The van der Waals surface area contributed by atoms with Crippen molar-refractivity contribution in [3.63, 3.8) is 0 Å². The summed E-state index contributed by atoms with van der Waals surface area (Å²) >= 11 is 0. The molecule has 0 aromatic heterocycles. The van der Waals surface area contributed by atoms with Crippen molar-refractivity contribution in [2.45, 2.75) is 39.3 Å². The molecule has 1 saturated heterocycles. The first-order valence-electron chi connectivity index (χ1n) is 4.60. The summed E-state index contributed by atoms with van der Waals surface area (Å²) in [4.78, 5) is 0. The van der Waals surface area contributed by atoms with Gasteiger partial charge in [0.15, 0.2) is 0 Å². The van der Waals surface area contributed by atoms with E-state index in [0.29, 0.717) is 5.92 Å². The van der Waals surface area contributed by atoms with Crippen molar-refractivity contribution in [3.05, 3.63) is 0 Å². The van der Waals surface area contributed by atoms with Crippen LogP contribution in [0.25, 0.3) is 0 Å². The van der Waals surface area contributed by atoms with E-state index in [1.54, 1.807) is 0 Å². The van der Waals surface area contributed by atoms with Gasteiger partial charge in [-0.25, -0.2) is 0 Å². The largest absolute Gasteiger partial charge is 0.359 e. The Bertz CT molecular complexity index is 117. The summed E-state index contributed by atoms with van der Waals surface area (Å²) in [5.41, 5.74) is -0.00521. The minimum atomic E-state index is -0.00521. The topological polar surface area (TPSA) is 21.3 Å². The summed E-state index contributed by atoms with van der Waals surface area (Å²) < 4.78 is 5.73. The summed E-state index contributed by atoms with van der Waals surface area (Å²) in [6, 6.07) is 0. The lowest BCUT2D eigenvalue weighted by molar-refractivity contribution is -0.0543. The first-order chi connectivity index (χ1) is 5.21. The van der Waals surface area contributed by atoms with Crippen molar-refractivity contribution in [2.24, 2.45) is 5.92 Å². The third-order valence-electron chi connectivity index (χ3n) is 2.44. The van der Waals surface area contributed by atoms with Gasteiger partial charge in [-0.15, -0.1) is 0 Å². The molecule has 2 heteroatoms. The Morgan fingerprint density at radius 3 is 2.64 bits per heavy atom. The van der Waals surface area contributed by atoms with E-state index in [9.17, 15) is 0 Å². The first kappa shape index (κ1) is 9.01. The van der Waals surface area contributed by atoms with Crippen LogP contribution < -0.4 is 5.32 Å². The molecule has 1 unspecified atom stereocenters. The lowest BCUT2D eigenvalue weighted by Gasteiger charge is -2.32. The second-order valence-corrected chi connectivity index (χ2v) is 3.57. The van der Waals surface area contributed by atoms with Crippen LogP contribution >= 0.6 is 0 Å². The van der Waals surface area contributed by atoms with E-state index in [4.69, 9.17) is 4.74 Å². The molecule has 0 aromatic carbocycles. The van der Waals surface area contributed by atoms with Gasteiger partial charge in [-0.3, -0.25) is 5.32 Å². The lowest BCUT2D eigenvalue weighted by atomic mass is 9.95. The van der Waals surface area contributed by atoms with Gasteiger partial charge in [0.2, 0.25) is 0 Å². The zero-order valence-electron chi connectivity index (χ0n) is 7.81. The molecule has 0 saturated carbocycles. The minimum absolute atomic E-state index is 0.00521. The summed E-state index contributed by atoms with van der Waals surface area (Å²) in [6.07, 6.45) is 2.32. The fourth-order valence-electron chi connectivity index (χ4n) is 1.74. The van der Waals surface area contributed by atoms with Gasteiger partial charge in [-0.05, 0) is 12.3 Å². The zero-order chi connectivity index (χ0) is 8.32. The number of hydrogen-bond acceptors (Lipinski definition) is 2. The first-order valence-corrected chi connectivity index (χ1v) is 4.60. The molecule has 66 valence electrons. The smallest absolute Gasteiger partial charge is 0.121 e. The van der Waals surface area contributed by atoms with E-state index in [1.165, 1.54) is 6.42 Å². The summed E-state index contributed by atoms with van der Waals surface area (Å²) in [5, 5.41) is 3.45. The monoisotopic (exact) mass is 157 g/mol. The van der Waals surface area contributed by atoms with E-state index in [-0.39, 0.29) is 5.72 Å². The van der Waals surface area contributed by atoms with Crippen molar-refractivity contribution in [1.29, 1.82) is 0 Å². The molecule has 2 nitrogen and oxygen atoms in total. The predicted octanol–water partition coefficient (Wildman–Crippen LogP) is 1.76. The number of ether oxygens (including phenoxy) is 1. The van der Waals surface area contributed by atoms with Crippen molar-refractivity contribution in [2.75, 3.05) is 13.2 Å². The average Bonchev–Trinajstić information content (AvgIpc) is 2.38. The van der Waals surface area contributed by atoms with E-state index in [0.717, 1.165) is 19.6 Å². The maximum Gasteiger partial charge on any atom is 0.121 e. The van der Waals surface area contributed by atoms with Crippen LogP contribution in [0.15, 0.2) is 0 Å². The maximum atomic E-state index is 5.73. The summed E-state index contributed by atoms with van der Waals surface area (Å²) in [6.45, 7) is 8.52. The molecule has 0 aromatic rings. The number of nitrogens with one attached hydrogen (secondary N) is 1. The molecule has 0 radical (unpaired) electrons. The molecular weight excluding hydrogens is 138 g/mol. The molecule has 1 fully saturated rings. The van der Waals surface area contributed by atoms with Crippen molar-refractivity contribution in [3.8, 4) is 0 Å². The van der Waals surface area contributed by atoms with Crippen LogP contribution in [0.1, 0.15) is 33.6 Å². The molecule has 0 spiro atoms. The second kappa shape index (κ2) is 3.55. The zero-order valence-corrected chi connectivity index (χ0v) is 7.81. The Kier molecular flexibility index (Phi) is 2.90. The second-order valence-electron chi connectivity index (χ2n) is 3.57. The number of rotatable bonds is 3. The Morgan fingerprint density at radius 2 is 2.27 bits per heavy atom. The van der Waals surface area contributed by atoms with E-state index >= 15 is 0 Å². The van der Waals surface area contributed by atoms with Crippen LogP contribution in [0, 0.1) is 5.92 Å². The molecule has 1 aliphatic rings. The van der Waals surface area contributed by atoms with E-state index in [1.807, 2.05) is 0 Å². The summed E-state index contributed by atoms with van der Waals surface area (Å²) in [7, 11) is 0. The van der Waals surface area contributed by atoms with Gasteiger partial charge < -0.3 is 4.74 Å². The normalized spacial score (nSPS) is 31.6. The summed E-state index contributed by atoms with van der Waals surface area (Å²) in [5.74, 6) is 0.574. The third-order valence-corrected chi connectivity index (χ3v) is 2.44. The highest BCUT2D eigenvalue weighted by molar-refractivity contribution is 4.85. The van der Waals surface area contributed by atoms with Crippen LogP contribution in [0.2, 0.25) is 0 Å². The van der Waals surface area contributed by atoms with E-state index < -0.39 is 0 Å². The quantitative estimate of drug-likeness (QED) is 0.674. The van der Waals surface area contributed by atoms with Gasteiger partial charge in [0.05, 0.1) is 6.61 Å². The van der Waals surface area contributed by atoms with Crippen molar-refractivity contribution < 1.29 is 4.74 Å². The maximum absolute atomic E-state index is 5.73. The highest BCUT2D eigenvalue weighted by Crippen LogP contribution is 2.27. The molecule has 1 aliphatic heterocycles. The van der Waals surface area contributed by atoms with Gasteiger partial charge in [0.25, 0.3) is 0 Å². The highest BCUT2D eigenvalue weighted by atomic mass is 16.5. The van der Waals surface area contributed by atoms with Crippen LogP contribution in [0.5, 0.6) is 0 Å². The average molecular weight is 157 g/mol. The van der Waals surface area contributed by atoms with Gasteiger partial charge in [-0.2, -0.15) is 0 Å². The molecule has 1 atom stereocenters. The van der Waals surface area contributed by atoms with Gasteiger partial charge >= 0.3 is 0 Å². The third kappa shape index (κ3) is 1.74. The molecule has 1 rings (SSSR count). The molecular formula is C9H19NO.